The lowest BCUT2D eigenvalue weighted by Gasteiger charge is -2.23. The summed E-state index contributed by atoms with van der Waals surface area (Å²) in [7, 11) is 0. The monoisotopic (exact) mass is 363 g/mol. The summed E-state index contributed by atoms with van der Waals surface area (Å²) in [6, 6.07) is 33.7. The number of hydrogen-bond acceptors (Lipinski definition) is 2. The Hall–Kier alpha value is -3.38. The van der Waals surface area contributed by atoms with Crippen LogP contribution in [0.25, 0.3) is 10.8 Å². The Kier molecular flexibility index (Phi) is 5.49. The van der Waals surface area contributed by atoms with E-state index in [0.717, 1.165) is 27.5 Å². The van der Waals surface area contributed by atoms with Crippen molar-refractivity contribution >= 4 is 10.8 Å². The second kappa shape index (κ2) is 8.54. The highest BCUT2D eigenvalue weighted by Gasteiger charge is 2.19. The Morgan fingerprint density at radius 3 is 2.14 bits per heavy atom. The molecule has 0 aliphatic rings. The predicted octanol–water partition coefficient (Wildman–Crippen LogP) is 5.82. The first-order valence-electron chi connectivity index (χ1n) is 9.35. The van der Waals surface area contributed by atoms with Crippen LogP contribution < -0.4 is 0 Å². The maximum absolute atomic E-state index is 11.0. The van der Waals surface area contributed by atoms with Crippen LogP contribution in [0, 0.1) is 11.8 Å². The van der Waals surface area contributed by atoms with Crippen LogP contribution in [0.5, 0.6) is 0 Å². The van der Waals surface area contributed by atoms with E-state index < -0.39 is 6.04 Å². The van der Waals surface area contributed by atoms with Crippen molar-refractivity contribution in [3.8, 4) is 11.8 Å². The van der Waals surface area contributed by atoms with Gasteiger partial charge in [-0.2, -0.15) is 5.06 Å². The van der Waals surface area contributed by atoms with Gasteiger partial charge in [0.2, 0.25) is 0 Å². The second-order valence-corrected chi connectivity index (χ2v) is 6.69. The van der Waals surface area contributed by atoms with Gasteiger partial charge in [0.05, 0.1) is 6.54 Å². The summed E-state index contributed by atoms with van der Waals surface area (Å²) >= 11 is 0. The third-order valence-corrected chi connectivity index (χ3v) is 4.73. The molecule has 1 N–H and O–H groups in total. The van der Waals surface area contributed by atoms with Gasteiger partial charge in [0.15, 0.2) is 0 Å². The minimum Gasteiger partial charge on any atom is -0.312 e. The van der Waals surface area contributed by atoms with Gasteiger partial charge in [-0.15, -0.1) is 0 Å². The average molecular weight is 363 g/mol. The molecule has 2 nitrogen and oxygen atoms in total. The number of hydrogen-bond donors (Lipinski definition) is 1. The summed E-state index contributed by atoms with van der Waals surface area (Å²) in [5.41, 5.74) is 2.97. The molecule has 0 radical (unpaired) electrons. The van der Waals surface area contributed by atoms with Gasteiger partial charge < -0.3 is 5.21 Å². The molecule has 2 heteroatoms. The molecule has 0 aromatic heterocycles. The van der Waals surface area contributed by atoms with E-state index in [1.807, 2.05) is 84.9 Å². The Morgan fingerprint density at radius 2 is 1.36 bits per heavy atom. The zero-order chi connectivity index (χ0) is 19.2. The van der Waals surface area contributed by atoms with Crippen LogP contribution in [-0.4, -0.2) is 10.3 Å². The first-order chi connectivity index (χ1) is 13.8. The van der Waals surface area contributed by atoms with Gasteiger partial charge in [-0.3, -0.25) is 0 Å². The van der Waals surface area contributed by atoms with Crippen LogP contribution >= 0.6 is 0 Å². The Morgan fingerprint density at radius 1 is 0.714 bits per heavy atom. The van der Waals surface area contributed by atoms with Gasteiger partial charge in [-0.25, -0.2) is 0 Å². The van der Waals surface area contributed by atoms with E-state index in [-0.39, 0.29) is 0 Å². The minimum atomic E-state index is -0.438. The fourth-order valence-corrected chi connectivity index (χ4v) is 3.34. The van der Waals surface area contributed by atoms with Crippen molar-refractivity contribution in [3.63, 3.8) is 0 Å². The van der Waals surface area contributed by atoms with E-state index in [2.05, 4.69) is 30.0 Å². The third-order valence-electron chi connectivity index (χ3n) is 4.73. The molecule has 28 heavy (non-hydrogen) atoms. The summed E-state index contributed by atoms with van der Waals surface area (Å²) in [5.74, 6) is 6.51. The second-order valence-electron chi connectivity index (χ2n) is 6.69. The summed E-state index contributed by atoms with van der Waals surface area (Å²) in [4.78, 5) is 0. The highest BCUT2D eigenvalue weighted by molar-refractivity contribution is 5.86. The quantitative estimate of drug-likeness (QED) is 0.364. The SMILES string of the molecule is ON(Cc1ccccc1)C(C#Cc1ccccc1)c1cccc2ccccc12. The first kappa shape index (κ1) is 18.0. The van der Waals surface area contributed by atoms with E-state index in [4.69, 9.17) is 0 Å². The molecule has 0 bridgehead atoms. The number of benzene rings is 4. The standard InChI is InChI=1S/C26H21NO/c28-27(20-22-12-5-2-6-13-22)26(19-18-21-10-3-1-4-11-21)25-17-9-15-23-14-7-8-16-24(23)25/h1-17,26,28H,20H2. The molecule has 0 aliphatic heterocycles. The zero-order valence-corrected chi connectivity index (χ0v) is 15.5. The minimum absolute atomic E-state index is 0.401. The molecule has 0 heterocycles. The summed E-state index contributed by atoms with van der Waals surface area (Å²) < 4.78 is 0. The molecule has 0 spiro atoms. The third kappa shape index (κ3) is 4.13. The maximum atomic E-state index is 11.0. The summed E-state index contributed by atoms with van der Waals surface area (Å²) in [6.07, 6.45) is 0. The van der Waals surface area contributed by atoms with Crippen molar-refractivity contribution in [2.45, 2.75) is 12.6 Å². The first-order valence-corrected chi connectivity index (χ1v) is 9.35. The maximum Gasteiger partial charge on any atom is 0.122 e. The average Bonchev–Trinajstić information content (AvgIpc) is 2.75. The number of rotatable bonds is 4. The van der Waals surface area contributed by atoms with Crippen molar-refractivity contribution in [2.75, 3.05) is 0 Å². The molecule has 1 unspecified atom stereocenters. The number of nitrogens with zero attached hydrogens (tertiary/aromatic N) is 1. The number of fused-ring (bicyclic) bond motifs is 1. The van der Waals surface area contributed by atoms with Crippen LogP contribution in [0.3, 0.4) is 0 Å². The molecule has 4 rings (SSSR count). The van der Waals surface area contributed by atoms with E-state index in [1.165, 1.54) is 5.06 Å². The molecule has 0 fully saturated rings. The van der Waals surface area contributed by atoms with Crippen LogP contribution in [0.1, 0.15) is 22.7 Å². The van der Waals surface area contributed by atoms with Crippen molar-refractivity contribution in [1.82, 2.24) is 5.06 Å². The lowest BCUT2D eigenvalue weighted by molar-refractivity contribution is -0.120. The highest BCUT2D eigenvalue weighted by atomic mass is 16.5. The van der Waals surface area contributed by atoms with Crippen molar-refractivity contribution < 1.29 is 5.21 Å². The lowest BCUT2D eigenvalue weighted by atomic mass is 9.98. The Balaban J connectivity index is 1.76. The zero-order valence-electron chi connectivity index (χ0n) is 15.5. The summed E-state index contributed by atoms with van der Waals surface area (Å²) in [6.45, 7) is 0.401. The fraction of sp³-hybridized carbons (Fsp3) is 0.0769. The molecule has 0 saturated heterocycles. The molecule has 0 amide bonds. The molecule has 4 aromatic rings. The predicted molar refractivity (Wildman–Crippen MR) is 114 cm³/mol. The fourth-order valence-electron chi connectivity index (χ4n) is 3.34. The largest absolute Gasteiger partial charge is 0.312 e. The normalized spacial score (nSPS) is 11.8. The lowest BCUT2D eigenvalue weighted by Crippen LogP contribution is -2.24. The van der Waals surface area contributed by atoms with Crippen LogP contribution in [0.4, 0.5) is 0 Å². The highest BCUT2D eigenvalue weighted by Crippen LogP contribution is 2.28. The van der Waals surface area contributed by atoms with Gasteiger partial charge in [0, 0.05) is 5.56 Å². The van der Waals surface area contributed by atoms with Gasteiger partial charge in [-0.05, 0) is 34.0 Å². The molecule has 136 valence electrons. The van der Waals surface area contributed by atoms with Crippen molar-refractivity contribution in [1.29, 1.82) is 0 Å². The number of hydroxylamine groups is 2. The topological polar surface area (TPSA) is 23.5 Å². The molecule has 4 aromatic carbocycles. The van der Waals surface area contributed by atoms with E-state index in [9.17, 15) is 5.21 Å². The Labute approximate surface area is 165 Å². The Bertz CT molecular complexity index is 1110. The molecular formula is C26H21NO. The molecule has 0 saturated carbocycles. The van der Waals surface area contributed by atoms with Gasteiger partial charge in [-0.1, -0.05) is 103 Å². The smallest absolute Gasteiger partial charge is 0.122 e. The van der Waals surface area contributed by atoms with E-state index in [1.54, 1.807) is 0 Å². The van der Waals surface area contributed by atoms with Gasteiger partial charge >= 0.3 is 0 Å². The van der Waals surface area contributed by atoms with E-state index >= 15 is 0 Å². The summed E-state index contributed by atoms with van der Waals surface area (Å²) in [5, 5.41) is 14.6. The molecular weight excluding hydrogens is 342 g/mol. The van der Waals surface area contributed by atoms with Crippen molar-refractivity contribution in [3.05, 3.63) is 120 Å². The van der Waals surface area contributed by atoms with Crippen molar-refractivity contribution in [2.24, 2.45) is 0 Å². The van der Waals surface area contributed by atoms with Crippen LogP contribution in [0.15, 0.2) is 103 Å². The van der Waals surface area contributed by atoms with Gasteiger partial charge in [0.25, 0.3) is 0 Å². The van der Waals surface area contributed by atoms with Crippen LogP contribution in [0.2, 0.25) is 0 Å². The molecule has 0 aliphatic carbocycles. The van der Waals surface area contributed by atoms with Crippen LogP contribution in [-0.2, 0) is 6.54 Å². The molecule has 1 atom stereocenters. The van der Waals surface area contributed by atoms with Gasteiger partial charge in [0.1, 0.15) is 6.04 Å². The van der Waals surface area contributed by atoms with E-state index in [0.29, 0.717) is 6.54 Å².